The molecule has 27 heavy (non-hydrogen) atoms. The molecule has 2 fully saturated rings. The molecule has 1 atom stereocenters. The van der Waals surface area contributed by atoms with E-state index in [1.807, 2.05) is 36.6 Å². The largest absolute Gasteiger partial charge is 0.450 e. The maximum Gasteiger partial charge on any atom is 0.289 e. The second-order valence-electron chi connectivity index (χ2n) is 7.77. The molecule has 1 N–H and O–H groups in total. The third kappa shape index (κ3) is 3.12. The van der Waals surface area contributed by atoms with E-state index in [1.165, 1.54) is 0 Å². The normalized spacial score (nSPS) is 21.1. The molecule has 1 unspecified atom stereocenters. The number of fused-ring (bicyclic) bond motifs is 1. The van der Waals surface area contributed by atoms with Crippen LogP contribution in [0.15, 0.2) is 16.5 Å². The van der Waals surface area contributed by atoms with E-state index in [0.717, 1.165) is 47.0 Å². The first-order valence-electron chi connectivity index (χ1n) is 9.76. The van der Waals surface area contributed by atoms with Crippen LogP contribution in [0.1, 0.15) is 40.1 Å². The Morgan fingerprint density at radius 1 is 1.19 bits per heavy atom. The number of furan rings is 1. The summed E-state index contributed by atoms with van der Waals surface area (Å²) in [4.78, 5) is 29.3. The standard InChI is InChI=1S/C21H27N3O3/c1-13-6-7-14(2)19-18(13)15(3)20(27-19)21(26)23-9-4-5-16(12-23)24-10-8-22-11-17(24)25/h6-7,16,22H,4-5,8-12H2,1-3H3. The molecule has 6 nitrogen and oxygen atoms in total. The molecule has 2 saturated heterocycles. The molecule has 3 heterocycles. The summed E-state index contributed by atoms with van der Waals surface area (Å²) in [6.45, 7) is 9.24. The SMILES string of the molecule is Cc1ccc(C)c2c(C)c(C(=O)N3CCCC(N4CCNCC4=O)C3)oc12. The van der Waals surface area contributed by atoms with Gasteiger partial charge in [0.15, 0.2) is 5.76 Å². The molecule has 1 aromatic carbocycles. The Kier molecular flexibility index (Phi) is 4.68. The van der Waals surface area contributed by atoms with E-state index in [9.17, 15) is 9.59 Å². The topological polar surface area (TPSA) is 65.8 Å². The highest BCUT2D eigenvalue weighted by molar-refractivity contribution is 6.00. The van der Waals surface area contributed by atoms with Crippen molar-refractivity contribution in [3.63, 3.8) is 0 Å². The molecule has 2 aromatic rings. The Balaban J connectivity index is 1.60. The summed E-state index contributed by atoms with van der Waals surface area (Å²) >= 11 is 0. The number of carbonyl (C=O) groups is 2. The number of nitrogens with one attached hydrogen (secondary N) is 1. The average Bonchev–Trinajstić information content (AvgIpc) is 3.03. The molecule has 0 bridgehead atoms. The zero-order valence-corrected chi connectivity index (χ0v) is 16.3. The summed E-state index contributed by atoms with van der Waals surface area (Å²) < 4.78 is 6.05. The number of piperazine rings is 1. The van der Waals surface area contributed by atoms with E-state index in [-0.39, 0.29) is 17.9 Å². The summed E-state index contributed by atoms with van der Waals surface area (Å²) in [5.41, 5.74) is 3.89. The molecule has 4 rings (SSSR count). The minimum absolute atomic E-state index is 0.0604. The van der Waals surface area contributed by atoms with Crippen LogP contribution in [0.2, 0.25) is 0 Å². The van der Waals surface area contributed by atoms with Gasteiger partial charge in [-0.15, -0.1) is 0 Å². The van der Waals surface area contributed by atoms with Crippen LogP contribution in [0.5, 0.6) is 0 Å². The molecule has 2 aliphatic rings. The van der Waals surface area contributed by atoms with Crippen LogP contribution < -0.4 is 5.32 Å². The number of likely N-dealkylation sites (tertiary alicyclic amines) is 1. The summed E-state index contributed by atoms with van der Waals surface area (Å²) in [7, 11) is 0. The highest BCUT2D eigenvalue weighted by Crippen LogP contribution is 2.32. The maximum atomic E-state index is 13.2. The van der Waals surface area contributed by atoms with E-state index in [4.69, 9.17) is 4.42 Å². The smallest absolute Gasteiger partial charge is 0.289 e. The van der Waals surface area contributed by atoms with Crippen LogP contribution in [-0.4, -0.2) is 60.4 Å². The summed E-state index contributed by atoms with van der Waals surface area (Å²) in [6.07, 6.45) is 1.86. The molecule has 2 aliphatic heterocycles. The van der Waals surface area contributed by atoms with Gasteiger partial charge in [0.2, 0.25) is 5.91 Å². The van der Waals surface area contributed by atoms with Crippen molar-refractivity contribution in [2.75, 3.05) is 32.7 Å². The first-order valence-corrected chi connectivity index (χ1v) is 9.76. The fraction of sp³-hybridized carbons (Fsp3) is 0.524. The Hall–Kier alpha value is -2.34. The van der Waals surface area contributed by atoms with Gasteiger partial charge in [0.05, 0.1) is 6.54 Å². The van der Waals surface area contributed by atoms with Crippen molar-refractivity contribution < 1.29 is 14.0 Å². The number of benzene rings is 1. The second-order valence-corrected chi connectivity index (χ2v) is 7.77. The Morgan fingerprint density at radius 3 is 2.70 bits per heavy atom. The highest BCUT2D eigenvalue weighted by atomic mass is 16.3. The minimum atomic E-state index is -0.0604. The van der Waals surface area contributed by atoms with Gasteiger partial charge in [-0.2, -0.15) is 0 Å². The van der Waals surface area contributed by atoms with Gasteiger partial charge in [0, 0.05) is 43.2 Å². The van der Waals surface area contributed by atoms with Crippen molar-refractivity contribution >= 4 is 22.8 Å². The van der Waals surface area contributed by atoms with Crippen LogP contribution in [0.25, 0.3) is 11.0 Å². The number of rotatable bonds is 2. The number of nitrogens with zero attached hydrogens (tertiary/aromatic N) is 2. The number of piperidine rings is 1. The molecule has 2 amide bonds. The van der Waals surface area contributed by atoms with E-state index < -0.39 is 0 Å². The third-order valence-corrected chi connectivity index (χ3v) is 5.93. The van der Waals surface area contributed by atoms with Crippen molar-refractivity contribution in [2.45, 2.75) is 39.7 Å². The molecule has 0 saturated carbocycles. The van der Waals surface area contributed by atoms with Crippen molar-refractivity contribution in [3.8, 4) is 0 Å². The van der Waals surface area contributed by atoms with Gasteiger partial charge in [-0.25, -0.2) is 0 Å². The van der Waals surface area contributed by atoms with Crippen molar-refractivity contribution in [3.05, 3.63) is 34.6 Å². The molecular weight excluding hydrogens is 342 g/mol. The van der Waals surface area contributed by atoms with Gasteiger partial charge < -0.3 is 19.5 Å². The van der Waals surface area contributed by atoms with Gasteiger partial charge in [-0.3, -0.25) is 9.59 Å². The predicted octanol–water partition coefficient (Wildman–Crippen LogP) is 2.39. The Bertz CT molecular complexity index is 902. The molecule has 1 aromatic heterocycles. The number of aryl methyl sites for hydroxylation is 3. The summed E-state index contributed by atoms with van der Waals surface area (Å²) in [5, 5.41) is 4.16. The number of hydrogen-bond donors (Lipinski definition) is 1. The van der Waals surface area contributed by atoms with E-state index in [2.05, 4.69) is 11.4 Å². The highest BCUT2D eigenvalue weighted by Gasteiger charge is 2.33. The van der Waals surface area contributed by atoms with Crippen molar-refractivity contribution in [1.29, 1.82) is 0 Å². The zero-order chi connectivity index (χ0) is 19.1. The van der Waals surface area contributed by atoms with E-state index in [1.54, 1.807) is 0 Å². The second kappa shape index (κ2) is 7.00. The third-order valence-electron chi connectivity index (χ3n) is 5.93. The predicted molar refractivity (Wildman–Crippen MR) is 104 cm³/mol. The molecule has 144 valence electrons. The molecule has 0 spiro atoms. The maximum absolute atomic E-state index is 13.2. The summed E-state index contributed by atoms with van der Waals surface area (Å²) in [6, 6.07) is 4.20. The lowest BCUT2D eigenvalue weighted by atomic mass is 10.0. The fourth-order valence-corrected chi connectivity index (χ4v) is 4.42. The van der Waals surface area contributed by atoms with Crippen LogP contribution in [0.4, 0.5) is 0 Å². The van der Waals surface area contributed by atoms with Gasteiger partial charge in [0.25, 0.3) is 5.91 Å². The minimum Gasteiger partial charge on any atom is -0.450 e. The molecule has 0 aliphatic carbocycles. The zero-order valence-electron chi connectivity index (χ0n) is 16.3. The van der Waals surface area contributed by atoms with Gasteiger partial charge in [-0.1, -0.05) is 12.1 Å². The van der Waals surface area contributed by atoms with Gasteiger partial charge in [-0.05, 0) is 44.7 Å². The summed E-state index contributed by atoms with van der Waals surface area (Å²) in [5.74, 6) is 0.510. The number of hydrogen-bond acceptors (Lipinski definition) is 4. The number of carbonyl (C=O) groups excluding carboxylic acids is 2. The van der Waals surface area contributed by atoms with Crippen LogP contribution >= 0.6 is 0 Å². The molecule has 0 radical (unpaired) electrons. The lowest BCUT2D eigenvalue weighted by Gasteiger charge is -2.40. The lowest BCUT2D eigenvalue weighted by Crippen LogP contribution is -2.57. The molecular formula is C21H27N3O3. The van der Waals surface area contributed by atoms with Gasteiger partial charge in [0.1, 0.15) is 5.58 Å². The fourth-order valence-electron chi connectivity index (χ4n) is 4.42. The average molecular weight is 369 g/mol. The first kappa shape index (κ1) is 18.0. The van der Waals surface area contributed by atoms with Crippen molar-refractivity contribution in [1.82, 2.24) is 15.1 Å². The van der Waals surface area contributed by atoms with E-state index >= 15 is 0 Å². The Labute approximate surface area is 159 Å². The monoisotopic (exact) mass is 369 g/mol. The van der Waals surface area contributed by atoms with Gasteiger partial charge >= 0.3 is 0 Å². The van der Waals surface area contributed by atoms with E-state index in [0.29, 0.717) is 31.9 Å². The van der Waals surface area contributed by atoms with Crippen molar-refractivity contribution in [2.24, 2.45) is 0 Å². The van der Waals surface area contributed by atoms with Crippen LogP contribution in [0, 0.1) is 20.8 Å². The number of amides is 2. The first-order chi connectivity index (χ1) is 13.0. The Morgan fingerprint density at radius 2 is 1.96 bits per heavy atom. The van der Waals surface area contributed by atoms with Crippen LogP contribution in [0.3, 0.4) is 0 Å². The quantitative estimate of drug-likeness (QED) is 0.883. The van der Waals surface area contributed by atoms with Crippen LogP contribution in [-0.2, 0) is 4.79 Å². The lowest BCUT2D eigenvalue weighted by molar-refractivity contribution is -0.135. The molecule has 6 heteroatoms.